The average Bonchev–Trinajstić information content (AvgIpc) is 2.49. The van der Waals surface area contributed by atoms with Gasteiger partial charge in [0.05, 0.1) is 6.54 Å². The smallest absolute Gasteiger partial charge is 0.326 e. The SMILES string of the molecule is CC(C)(C)C(N)Cn1ccc(C(F)(F)F)n1. The number of hydrogen-bond donors (Lipinski definition) is 1. The summed E-state index contributed by atoms with van der Waals surface area (Å²) in [6.07, 6.45) is -3.09. The molecule has 0 fully saturated rings. The van der Waals surface area contributed by atoms with Crippen LogP contribution in [-0.4, -0.2) is 15.8 Å². The Bertz CT molecular complexity index is 349. The summed E-state index contributed by atoms with van der Waals surface area (Å²) < 4.78 is 38.0. The topological polar surface area (TPSA) is 43.8 Å². The van der Waals surface area contributed by atoms with Crippen LogP contribution in [0.3, 0.4) is 0 Å². The zero-order valence-corrected chi connectivity index (χ0v) is 9.54. The van der Waals surface area contributed by atoms with Gasteiger partial charge in [0.15, 0.2) is 5.69 Å². The summed E-state index contributed by atoms with van der Waals surface area (Å²) in [5, 5.41) is 3.45. The Kier molecular flexibility index (Phi) is 3.33. The van der Waals surface area contributed by atoms with Crippen LogP contribution in [0.15, 0.2) is 12.3 Å². The Morgan fingerprint density at radius 2 is 1.94 bits per heavy atom. The van der Waals surface area contributed by atoms with Gasteiger partial charge in [0, 0.05) is 12.2 Å². The quantitative estimate of drug-likeness (QED) is 0.854. The Labute approximate surface area is 92.4 Å². The maximum absolute atomic E-state index is 12.3. The van der Waals surface area contributed by atoms with Crippen LogP contribution in [0.1, 0.15) is 26.5 Å². The summed E-state index contributed by atoms with van der Waals surface area (Å²) >= 11 is 0. The first-order valence-corrected chi connectivity index (χ1v) is 4.97. The lowest BCUT2D eigenvalue weighted by Gasteiger charge is -2.26. The van der Waals surface area contributed by atoms with Gasteiger partial charge in [0.2, 0.25) is 0 Å². The van der Waals surface area contributed by atoms with Gasteiger partial charge in [0.25, 0.3) is 0 Å². The summed E-state index contributed by atoms with van der Waals surface area (Å²) in [7, 11) is 0. The molecule has 0 saturated heterocycles. The van der Waals surface area contributed by atoms with Crippen LogP contribution in [-0.2, 0) is 12.7 Å². The van der Waals surface area contributed by atoms with Gasteiger partial charge in [-0.25, -0.2) is 0 Å². The van der Waals surface area contributed by atoms with E-state index in [2.05, 4.69) is 5.10 Å². The van der Waals surface area contributed by atoms with Gasteiger partial charge in [-0.15, -0.1) is 0 Å². The van der Waals surface area contributed by atoms with Gasteiger partial charge in [-0.1, -0.05) is 20.8 Å². The van der Waals surface area contributed by atoms with Crippen molar-refractivity contribution < 1.29 is 13.2 Å². The van der Waals surface area contributed by atoms with Gasteiger partial charge in [-0.2, -0.15) is 18.3 Å². The lowest BCUT2D eigenvalue weighted by atomic mass is 9.87. The Hall–Kier alpha value is -1.04. The molecular weight excluding hydrogens is 219 g/mol. The van der Waals surface area contributed by atoms with Gasteiger partial charge < -0.3 is 5.73 Å². The van der Waals surface area contributed by atoms with Crippen molar-refractivity contribution in [2.45, 2.75) is 39.5 Å². The van der Waals surface area contributed by atoms with E-state index in [9.17, 15) is 13.2 Å². The second-order valence-corrected chi connectivity index (χ2v) is 4.89. The van der Waals surface area contributed by atoms with E-state index in [0.29, 0.717) is 0 Å². The molecular formula is C10H16F3N3. The van der Waals surface area contributed by atoms with Crippen LogP contribution >= 0.6 is 0 Å². The summed E-state index contributed by atoms with van der Waals surface area (Å²) in [6, 6.07) is 0.712. The van der Waals surface area contributed by atoms with Crippen LogP contribution in [0.25, 0.3) is 0 Å². The van der Waals surface area contributed by atoms with E-state index < -0.39 is 11.9 Å². The number of nitrogens with two attached hydrogens (primary N) is 1. The monoisotopic (exact) mass is 235 g/mol. The van der Waals surface area contributed by atoms with Crippen molar-refractivity contribution >= 4 is 0 Å². The van der Waals surface area contributed by atoms with E-state index in [1.54, 1.807) is 0 Å². The molecule has 0 radical (unpaired) electrons. The molecule has 1 rings (SSSR count). The standard InChI is InChI=1S/C10H16F3N3/c1-9(2,3)7(14)6-16-5-4-8(15-16)10(11,12)13/h4-5,7H,6,14H2,1-3H3. The molecule has 0 aliphatic rings. The third kappa shape index (κ3) is 3.23. The average molecular weight is 235 g/mol. The lowest BCUT2D eigenvalue weighted by molar-refractivity contribution is -0.141. The van der Waals surface area contributed by atoms with Crippen molar-refractivity contribution in [3.05, 3.63) is 18.0 Å². The largest absolute Gasteiger partial charge is 0.435 e. The summed E-state index contributed by atoms with van der Waals surface area (Å²) in [4.78, 5) is 0. The van der Waals surface area contributed by atoms with Crippen LogP contribution in [0, 0.1) is 5.41 Å². The minimum absolute atomic E-state index is 0.162. The summed E-state index contributed by atoms with van der Waals surface area (Å²) in [5.74, 6) is 0. The van der Waals surface area contributed by atoms with Crippen molar-refractivity contribution in [1.29, 1.82) is 0 Å². The zero-order chi connectivity index (χ0) is 12.6. The normalized spacial score (nSPS) is 15.2. The number of rotatable bonds is 2. The molecule has 0 aliphatic carbocycles. The molecule has 1 aromatic heterocycles. The highest BCUT2D eigenvalue weighted by Gasteiger charge is 2.33. The highest BCUT2D eigenvalue weighted by atomic mass is 19.4. The molecule has 16 heavy (non-hydrogen) atoms. The molecule has 2 N–H and O–H groups in total. The minimum Gasteiger partial charge on any atom is -0.326 e. The van der Waals surface area contributed by atoms with Crippen molar-refractivity contribution in [2.75, 3.05) is 0 Å². The second kappa shape index (κ2) is 4.08. The van der Waals surface area contributed by atoms with Crippen molar-refractivity contribution in [2.24, 2.45) is 11.1 Å². The molecule has 0 aromatic carbocycles. The number of hydrogen-bond acceptors (Lipinski definition) is 2. The molecule has 0 aliphatic heterocycles. The molecule has 92 valence electrons. The number of alkyl halides is 3. The zero-order valence-electron chi connectivity index (χ0n) is 9.54. The molecule has 6 heteroatoms. The maximum Gasteiger partial charge on any atom is 0.435 e. The minimum atomic E-state index is -4.39. The molecule has 0 bridgehead atoms. The summed E-state index contributed by atoms with van der Waals surface area (Å²) in [6.45, 7) is 6.09. The molecule has 1 atom stereocenters. The van der Waals surface area contributed by atoms with Gasteiger partial charge in [0.1, 0.15) is 0 Å². The van der Waals surface area contributed by atoms with E-state index in [-0.39, 0.29) is 18.0 Å². The van der Waals surface area contributed by atoms with Crippen LogP contribution in [0.5, 0.6) is 0 Å². The maximum atomic E-state index is 12.3. The first-order chi connectivity index (χ1) is 7.10. The molecule has 0 amide bonds. The third-order valence-corrected chi connectivity index (χ3v) is 2.43. The fraction of sp³-hybridized carbons (Fsp3) is 0.700. The predicted molar refractivity (Wildman–Crippen MR) is 54.7 cm³/mol. The van der Waals surface area contributed by atoms with Crippen molar-refractivity contribution in [3.63, 3.8) is 0 Å². The molecule has 1 heterocycles. The number of halogens is 3. The van der Waals surface area contributed by atoms with E-state index in [4.69, 9.17) is 5.73 Å². The van der Waals surface area contributed by atoms with E-state index in [1.807, 2.05) is 20.8 Å². The Morgan fingerprint density at radius 3 is 2.31 bits per heavy atom. The fourth-order valence-electron chi connectivity index (χ4n) is 1.09. The van der Waals surface area contributed by atoms with Crippen LogP contribution in [0.4, 0.5) is 13.2 Å². The van der Waals surface area contributed by atoms with E-state index in [0.717, 1.165) is 6.07 Å². The van der Waals surface area contributed by atoms with Gasteiger partial charge in [-0.05, 0) is 11.5 Å². The molecule has 1 unspecified atom stereocenters. The van der Waals surface area contributed by atoms with Crippen LogP contribution < -0.4 is 5.73 Å². The van der Waals surface area contributed by atoms with E-state index in [1.165, 1.54) is 10.9 Å². The summed E-state index contributed by atoms with van der Waals surface area (Å²) in [5.41, 5.74) is 4.82. The van der Waals surface area contributed by atoms with Gasteiger partial charge in [-0.3, -0.25) is 4.68 Å². The first kappa shape index (κ1) is 13.0. The van der Waals surface area contributed by atoms with Crippen molar-refractivity contribution in [3.8, 4) is 0 Å². The predicted octanol–water partition coefficient (Wildman–Crippen LogP) is 2.28. The number of aromatic nitrogens is 2. The Morgan fingerprint density at radius 1 is 1.38 bits per heavy atom. The highest BCUT2D eigenvalue weighted by Crippen LogP contribution is 2.27. The van der Waals surface area contributed by atoms with E-state index >= 15 is 0 Å². The highest BCUT2D eigenvalue weighted by molar-refractivity contribution is 5.03. The molecule has 0 saturated carbocycles. The van der Waals surface area contributed by atoms with Crippen molar-refractivity contribution in [1.82, 2.24) is 9.78 Å². The lowest BCUT2D eigenvalue weighted by Crippen LogP contribution is -2.39. The Balaban J connectivity index is 2.74. The first-order valence-electron chi connectivity index (χ1n) is 4.97. The number of nitrogens with zero attached hydrogens (tertiary/aromatic N) is 2. The second-order valence-electron chi connectivity index (χ2n) is 4.89. The fourth-order valence-corrected chi connectivity index (χ4v) is 1.09. The van der Waals surface area contributed by atoms with Crippen LogP contribution in [0.2, 0.25) is 0 Å². The third-order valence-electron chi connectivity index (χ3n) is 2.43. The molecule has 0 spiro atoms. The van der Waals surface area contributed by atoms with Gasteiger partial charge >= 0.3 is 6.18 Å². The molecule has 1 aromatic rings. The molecule has 3 nitrogen and oxygen atoms in total.